The summed E-state index contributed by atoms with van der Waals surface area (Å²) < 4.78 is 65.9. The van der Waals surface area contributed by atoms with Crippen LogP contribution in [0.5, 0.6) is 11.6 Å². The zero-order valence-electron chi connectivity index (χ0n) is 17.6. The molecule has 1 aliphatic carbocycles. The van der Waals surface area contributed by atoms with E-state index in [-0.39, 0.29) is 17.7 Å². The van der Waals surface area contributed by atoms with Crippen LogP contribution in [0.25, 0.3) is 0 Å². The maximum Gasteiger partial charge on any atom is 0.421 e. The first-order chi connectivity index (χ1) is 15.7. The number of methoxy groups -OCH3 is 1. The minimum Gasteiger partial charge on any atom is -0.465 e. The number of hydrogen-bond acceptors (Lipinski definition) is 6. The van der Waals surface area contributed by atoms with E-state index in [0.717, 1.165) is 43.7 Å². The normalized spacial score (nSPS) is 14.1. The zero-order valence-corrected chi connectivity index (χ0v) is 17.6. The van der Waals surface area contributed by atoms with Crippen molar-refractivity contribution in [2.45, 2.75) is 38.4 Å². The first-order valence-electron chi connectivity index (χ1n) is 10.2. The average Bonchev–Trinajstić information content (AvgIpc) is 3.25. The fourth-order valence-corrected chi connectivity index (χ4v) is 3.61. The number of esters is 1. The lowest BCUT2D eigenvalue weighted by molar-refractivity contribution is -0.139. The number of aromatic nitrogens is 4. The molecule has 0 unspecified atom stereocenters. The number of rotatable bonds is 7. The summed E-state index contributed by atoms with van der Waals surface area (Å²) in [5, 5.41) is 7.70. The van der Waals surface area contributed by atoms with Crippen LogP contribution in [0.15, 0.2) is 36.8 Å². The van der Waals surface area contributed by atoms with E-state index in [9.17, 15) is 22.4 Å². The molecular weight excluding hydrogens is 444 g/mol. The molecule has 174 valence electrons. The molecule has 2 aromatic heterocycles. The van der Waals surface area contributed by atoms with Gasteiger partial charge in [0.25, 0.3) is 0 Å². The van der Waals surface area contributed by atoms with Gasteiger partial charge >= 0.3 is 12.1 Å². The molecule has 33 heavy (non-hydrogen) atoms. The lowest BCUT2D eigenvalue weighted by Crippen LogP contribution is -2.17. The van der Waals surface area contributed by atoms with Gasteiger partial charge < -0.3 is 9.47 Å². The zero-order chi connectivity index (χ0) is 23.6. The van der Waals surface area contributed by atoms with Gasteiger partial charge in [0.1, 0.15) is 5.56 Å². The van der Waals surface area contributed by atoms with Crippen LogP contribution in [0.4, 0.5) is 17.6 Å². The van der Waals surface area contributed by atoms with Crippen molar-refractivity contribution in [2.75, 3.05) is 7.11 Å². The second-order valence-corrected chi connectivity index (χ2v) is 7.79. The van der Waals surface area contributed by atoms with Gasteiger partial charge in [0.2, 0.25) is 5.88 Å². The molecule has 4 rings (SSSR count). The molecule has 2 heterocycles. The molecule has 11 heteroatoms. The summed E-state index contributed by atoms with van der Waals surface area (Å²) in [5.41, 5.74) is -0.527. The highest BCUT2D eigenvalue weighted by Crippen LogP contribution is 2.39. The van der Waals surface area contributed by atoms with Crippen LogP contribution in [0.1, 0.15) is 46.3 Å². The van der Waals surface area contributed by atoms with Gasteiger partial charge in [-0.25, -0.2) is 14.2 Å². The predicted molar refractivity (Wildman–Crippen MR) is 107 cm³/mol. The van der Waals surface area contributed by atoms with Crippen molar-refractivity contribution < 1.29 is 31.8 Å². The van der Waals surface area contributed by atoms with Gasteiger partial charge in [-0.15, -0.1) is 0 Å². The highest BCUT2D eigenvalue weighted by Gasteiger charge is 2.36. The summed E-state index contributed by atoms with van der Waals surface area (Å²) in [6.45, 7) is -0.0416. The minimum atomic E-state index is -4.82. The SMILES string of the molecule is COC(=O)c1cc(Oc2ncc(Cn3nccn3)cc2C(F)(F)F)c(F)cc1CC1CCC1. The van der Waals surface area contributed by atoms with E-state index < -0.39 is 35.2 Å². The number of hydrogen-bond donors (Lipinski definition) is 0. The topological polar surface area (TPSA) is 79.1 Å². The Morgan fingerprint density at radius 3 is 2.52 bits per heavy atom. The molecule has 0 bridgehead atoms. The number of pyridine rings is 1. The quantitative estimate of drug-likeness (QED) is 0.369. The fraction of sp³-hybridized carbons (Fsp3) is 0.364. The number of halogens is 4. The number of benzene rings is 1. The lowest BCUT2D eigenvalue weighted by Gasteiger charge is -2.26. The third-order valence-corrected chi connectivity index (χ3v) is 5.51. The molecule has 0 saturated heterocycles. The third kappa shape index (κ3) is 5.12. The monoisotopic (exact) mass is 464 g/mol. The first-order valence-corrected chi connectivity index (χ1v) is 10.2. The van der Waals surface area contributed by atoms with Gasteiger partial charge in [-0.05, 0) is 41.7 Å². The molecule has 0 spiro atoms. The second kappa shape index (κ2) is 9.16. The van der Waals surface area contributed by atoms with E-state index in [4.69, 9.17) is 9.47 Å². The van der Waals surface area contributed by atoms with Gasteiger partial charge in [0, 0.05) is 6.20 Å². The number of nitrogens with zero attached hydrogens (tertiary/aromatic N) is 4. The molecule has 0 atom stereocenters. The van der Waals surface area contributed by atoms with Crippen molar-refractivity contribution in [3.63, 3.8) is 0 Å². The number of carbonyl (C=O) groups excluding carboxylic acids is 1. The highest BCUT2D eigenvalue weighted by molar-refractivity contribution is 5.91. The number of carbonyl (C=O) groups is 1. The summed E-state index contributed by atoms with van der Waals surface area (Å²) in [6.07, 6.45) is 2.63. The Balaban J connectivity index is 1.67. The van der Waals surface area contributed by atoms with Crippen molar-refractivity contribution in [3.05, 3.63) is 64.9 Å². The van der Waals surface area contributed by atoms with Crippen LogP contribution in [-0.2, 0) is 23.9 Å². The van der Waals surface area contributed by atoms with E-state index in [1.54, 1.807) is 0 Å². The van der Waals surface area contributed by atoms with Crippen molar-refractivity contribution >= 4 is 5.97 Å². The molecule has 3 aromatic rings. The highest BCUT2D eigenvalue weighted by atomic mass is 19.4. The maximum absolute atomic E-state index is 14.8. The summed E-state index contributed by atoms with van der Waals surface area (Å²) in [6, 6.07) is 3.03. The molecule has 1 fully saturated rings. The van der Waals surface area contributed by atoms with Gasteiger partial charge in [-0.1, -0.05) is 19.3 Å². The molecule has 0 radical (unpaired) electrons. The molecule has 1 aliphatic rings. The number of ether oxygens (including phenoxy) is 2. The van der Waals surface area contributed by atoms with Crippen LogP contribution in [0.2, 0.25) is 0 Å². The van der Waals surface area contributed by atoms with Gasteiger partial charge in [-0.2, -0.15) is 28.2 Å². The lowest BCUT2D eigenvalue weighted by atomic mass is 9.80. The van der Waals surface area contributed by atoms with Gasteiger partial charge in [0.15, 0.2) is 11.6 Å². The van der Waals surface area contributed by atoms with Crippen LogP contribution in [-0.4, -0.2) is 33.1 Å². The molecule has 0 N–H and O–H groups in total. The molecule has 7 nitrogen and oxygen atoms in total. The van der Waals surface area contributed by atoms with Crippen molar-refractivity contribution in [1.82, 2.24) is 20.0 Å². The first kappa shape index (κ1) is 22.7. The number of alkyl halides is 3. The Morgan fingerprint density at radius 1 is 1.18 bits per heavy atom. The van der Waals surface area contributed by atoms with E-state index >= 15 is 0 Å². The van der Waals surface area contributed by atoms with E-state index in [1.807, 2.05) is 0 Å². The van der Waals surface area contributed by atoms with Gasteiger partial charge in [-0.3, -0.25) is 0 Å². The summed E-state index contributed by atoms with van der Waals surface area (Å²) in [7, 11) is 1.18. The summed E-state index contributed by atoms with van der Waals surface area (Å²) >= 11 is 0. The Kier molecular flexibility index (Phi) is 6.30. The maximum atomic E-state index is 14.8. The predicted octanol–water partition coefficient (Wildman–Crippen LogP) is 4.80. The Labute approximate surface area is 186 Å². The van der Waals surface area contributed by atoms with E-state index in [1.165, 1.54) is 24.3 Å². The Bertz CT molecular complexity index is 1150. The van der Waals surface area contributed by atoms with Crippen LogP contribution >= 0.6 is 0 Å². The summed E-state index contributed by atoms with van der Waals surface area (Å²) in [4.78, 5) is 17.2. The second-order valence-electron chi connectivity index (χ2n) is 7.79. The fourth-order valence-electron chi connectivity index (χ4n) is 3.61. The minimum absolute atomic E-state index is 0.0416. The molecular formula is C22H20F4N4O3. The van der Waals surface area contributed by atoms with Crippen molar-refractivity contribution in [1.29, 1.82) is 0 Å². The Hall–Kier alpha value is -3.50. The largest absolute Gasteiger partial charge is 0.465 e. The van der Waals surface area contributed by atoms with Crippen LogP contribution in [0.3, 0.4) is 0 Å². The van der Waals surface area contributed by atoms with Crippen molar-refractivity contribution in [2.24, 2.45) is 5.92 Å². The molecule has 0 aliphatic heterocycles. The standard InChI is InChI=1S/C22H20F4N4O3/c1-32-21(31)16-10-19(18(23)9-15(16)7-13-3-2-4-13)33-20-17(22(24,25)26)8-14(11-27-20)12-30-28-5-6-29-30/h5-6,8-11,13H,2-4,7,12H2,1H3. The van der Waals surface area contributed by atoms with Crippen molar-refractivity contribution in [3.8, 4) is 11.6 Å². The van der Waals surface area contributed by atoms with Gasteiger partial charge in [0.05, 0.1) is 31.6 Å². The van der Waals surface area contributed by atoms with Crippen LogP contribution < -0.4 is 4.74 Å². The molecule has 1 saturated carbocycles. The third-order valence-electron chi connectivity index (χ3n) is 5.51. The van der Waals surface area contributed by atoms with E-state index in [2.05, 4.69) is 15.2 Å². The molecule has 0 amide bonds. The van der Waals surface area contributed by atoms with Crippen LogP contribution in [0, 0.1) is 11.7 Å². The average molecular weight is 464 g/mol. The molecule has 1 aromatic carbocycles. The summed E-state index contributed by atoms with van der Waals surface area (Å²) in [5.74, 6) is -2.67. The van der Waals surface area contributed by atoms with E-state index in [0.29, 0.717) is 17.9 Å². The Morgan fingerprint density at radius 2 is 1.91 bits per heavy atom. The smallest absolute Gasteiger partial charge is 0.421 e.